The second-order valence-electron chi connectivity index (χ2n) is 5.14. The maximum Gasteiger partial charge on any atom is 0.269 e. The summed E-state index contributed by atoms with van der Waals surface area (Å²) in [4.78, 5) is 10.3. The van der Waals surface area contributed by atoms with Gasteiger partial charge in [0.15, 0.2) is 0 Å². The van der Waals surface area contributed by atoms with E-state index < -0.39 is 14.9 Å². The number of nitro groups is 1. The van der Waals surface area contributed by atoms with E-state index in [0.29, 0.717) is 12.2 Å². The molecule has 0 spiro atoms. The van der Waals surface area contributed by atoms with Gasteiger partial charge in [-0.05, 0) is 30.2 Å². The largest absolute Gasteiger partial charge is 0.381 e. The number of nitro benzene ring substituents is 1. The van der Waals surface area contributed by atoms with Gasteiger partial charge in [0.1, 0.15) is 0 Å². The molecule has 0 aliphatic carbocycles. The van der Waals surface area contributed by atoms with Crippen molar-refractivity contribution in [3.05, 3.63) is 63.7 Å². The van der Waals surface area contributed by atoms with E-state index in [1.165, 1.54) is 12.1 Å². The molecule has 0 fully saturated rings. The third-order valence-corrected chi connectivity index (χ3v) is 3.79. The monoisotopic (exact) mass is 335 g/mol. The summed E-state index contributed by atoms with van der Waals surface area (Å²) in [5, 5.41) is 13.9. The van der Waals surface area contributed by atoms with Gasteiger partial charge in [0, 0.05) is 24.4 Å². The maximum atomic E-state index is 11.4. The van der Waals surface area contributed by atoms with E-state index in [0.717, 1.165) is 23.1 Å². The third kappa shape index (κ3) is 4.68. The quantitative estimate of drug-likeness (QED) is 0.624. The number of para-hydroxylation sites is 1. The zero-order chi connectivity index (χ0) is 17.0. The normalized spacial score (nSPS) is 11.0. The van der Waals surface area contributed by atoms with Crippen LogP contribution in [0.5, 0.6) is 0 Å². The van der Waals surface area contributed by atoms with Crippen LogP contribution in [0.3, 0.4) is 0 Å². The van der Waals surface area contributed by atoms with Crippen molar-refractivity contribution < 1.29 is 13.3 Å². The van der Waals surface area contributed by atoms with Crippen molar-refractivity contribution in [2.45, 2.75) is 13.5 Å². The van der Waals surface area contributed by atoms with Gasteiger partial charge in [0.2, 0.25) is 10.0 Å². The molecular weight excluding hydrogens is 318 g/mol. The molecule has 0 amide bonds. The first-order valence-electron chi connectivity index (χ1n) is 6.81. The highest BCUT2D eigenvalue weighted by Gasteiger charge is 2.10. The molecule has 2 aromatic rings. The molecule has 0 saturated heterocycles. The van der Waals surface area contributed by atoms with Gasteiger partial charge in [0.25, 0.3) is 5.69 Å². The maximum absolute atomic E-state index is 11.4. The molecule has 0 radical (unpaired) electrons. The Kier molecular flexibility index (Phi) is 4.85. The Labute approximate surface area is 134 Å². The van der Waals surface area contributed by atoms with Crippen molar-refractivity contribution in [1.29, 1.82) is 0 Å². The first-order chi connectivity index (χ1) is 10.8. The van der Waals surface area contributed by atoms with Crippen LogP contribution in [-0.4, -0.2) is 19.6 Å². The molecule has 2 N–H and O–H groups in total. The molecule has 0 atom stereocenters. The van der Waals surface area contributed by atoms with Crippen LogP contribution >= 0.6 is 0 Å². The van der Waals surface area contributed by atoms with Gasteiger partial charge < -0.3 is 5.32 Å². The number of sulfonamides is 1. The minimum atomic E-state index is -3.36. The van der Waals surface area contributed by atoms with Crippen molar-refractivity contribution in [1.82, 2.24) is 0 Å². The number of non-ortho nitro benzene ring substituents is 1. The molecular formula is C15H17N3O4S. The highest BCUT2D eigenvalue weighted by Crippen LogP contribution is 2.23. The number of nitrogens with zero attached hydrogens (tertiary/aromatic N) is 1. The van der Waals surface area contributed by atoms with Gasteiger partial charge in [0.05, 0.1) is 16.9 Å². The van der Waals surface area contributed by atoms with Crippen molar-refractivity contribution >= 4 is 27.1 Å². The molecule has 0 aromatic heterocycles. The summed E-state index contributed by atoms with van der Waals surface area (Å²) in [5.74, 6) is 0. The third-order valence-electron chi connectivity index (χ3n) is 3.20. The van der Waals surface area contributed by atoms with Gasteiger partial charge in [-0.2, -0.15) is 0 Å². The second-order valence-corrected chi connectivity index (χ2v) is 6.89. The van der Waals surface area contributed by atoms with Gasteiger partial charge in [-0.25, -0.2) is 8.42 Å². The molecule has 0 saturated carbocycles. The SMILES string of the molecule is Cc1cc([N+](=O)[O-])ccc1NCc1ccccc1NS(C)(=O)=O. The number of aryl methyl sites for hydroxylation is 1. The second kappa shape index (κ2) is 6.66. The van der Waals surface area contributed by atoms with Crippen molar-refractivity contribution in [2.24, 2.45) is 0 Å². The zero-order valence-corrected chi connectivity index (χ0v) is 13.6. The van der Waals surface area contributed by atoms with E-state index in [9.17, 15) is 18.5 Å². The fourth-order valence-electron chi connectivity index (χ4n) is 2.12. The molecule has 0 bridgehead atoms. The summed E-state index contributed by atoms with van der Waals surface area (Å²) in [6, 6.07) is 11.6. The number of hydrogen-bond acceptors (Lipinski definition) is 5. The molecule has 2 aromatic carbocycles. The molecule has 0 heterocycles. The van der Waals surface area contributed by atoms with Crippen LogP contribution < -0.4 is 10.0 Å². The predicted octanol–water partition coefficient (Wildman–Crippen LogP) is 2.89. The van der Waals surface area contributed by atoms with Crippen LogP contribution in [-0.2, 0) is 16.6 Å². The van der Waals surface area contributed by atoms with Gasteiger partial charge in [-0.15, -0.1) is 0 Å². The first-order valence-corrected chi connectivity index (χ1v) is 8.70. The predicted molar refractivity (Wildman–Crippen MR) is 90.1 cm³/mol. The zero-order valence-electron chi connectivity index (χ0n) is 12.7. The lowest BCUT2D eigenvalue weighted by Crippen LogP contribution is -2.12. The Bertz CT molecular complexity index is 834. The van der Waals surface area contributed by atoms with Crippen LogP contribution in [0.15, 0.2) is 42.5 Å². The molecule has 0 aliphatic heterocycles. The standard InChI is InChI=1S/C15H17N3O4S/c1-11-9-13(18(19)20)7-8-14(11)16-10-12-5-3-4-6-15(12)17-23(2,21)22/h3-9,16-17H,10H2,1-2H3. The minimum absolute atomic E-state index is 0.0344. The number of anilines is 2. The summed E-state index contributed by atoms with van der Waals surface area (Å²) in [6.07, 6.45) is 1.09. The average Bonchev–Trinajstić information content (AvgIpc) is 2.45. The number of rotatable bonds is 6. The van der Waals surface area contributed by atoms with E-state index >= 15 is 0 Å². The average molecular weight is 335 g/mol. The Morgan fingerprint density at radius 1 is 1.13 bits per heavy atom. The summed E-state index contributed by atoms with van der Waals surface area (Å²) >= 11 is 0. The summed E-state index contributed by atoms with van der Waals surface area (Å²) in [7, 11) is -3.36. The number of nitrogens with one attached hydrogen (secondary N) is 2. The Balaban J connectivity index is 2.17. The summed E-state index contributed by atoms with van der Waals surface area (Å²) < 4.78 is 25.2. The van der Waals surface area contributed by atoms with E-state index in [1.54, 1.807) is 31.2 Å². The van der Waals surface area contributed by atoms with Crippen LogP contribution in [0, 0.1) is 17.0 Å². The van der Waals surface area contributed by atoms with Crippen molar-refractivity contribution in [3.63, 3.8) is 0 Å². The first kappa shape index (κ1) is 16.8. The van der Waals surface area contributed by atoms with Crippen molar-refractivity contribution in [3.8, 4) is 0 Å². The number of benzene rings is 2. The minimum Gasteiger partial charge on any atom is -0.381 e. The van der Waals surface area contributed by atoms with Crippen LogP contribution in [0.25, 0.3) is 0 Å². The molecule has 23 heavy (non-hydrogen) atoms. The summed E-state index contributed by atoms with van der Waals surface area (Å²) in [5.41, 5.74) is 2.81. The lowest BCUT2D eigenvalue weighted by Gasteiger charge is -2.13. The lowest BCUT2D eigenvalue weighted by molar-refractivity contribution is -0.384. The fourth-order valence-corrected chi connectivity index (χ4v) is 2.72. The van der Waals surface area contributed by atoms with E-state index in [1.807, 2.05) is 6.07 Å². The van der Waals surface area contributed by atoms with Gasteiger partial charge in [-0.3, -0.25) is 14.8 Å². The van der Waals surface area contributed by atoms with Crippen LogP contribution in [0.1, 0.15) is 11.1 Å². The summed E-state index contributed by atoms with van der Waals surface area (Å²) in [6.45, 7) is 2.16. The highest BCUT2D eigenvalue weighted by molar-refractivity contribution is 7.92. The Hall–Kier alpha value is -2.61. The molecule has 0 unspecified atom stereocenters. The molecule has 2 rings (SSSR count). The van der Waals surface area contributed by atoms with Crippen molar-refractivity contribution in [2.75, 3.05) is 16.3 Å². The lowest BCUT2D eigenvalue weighted by atomic mass is 10.1. The Morgan fingerprint density at radius 3 is 2.43 bits per heavy atom. The molecule has 122 valence electrons. The number of hydrogen-bond donors (Lipinski definition) is 2. The van der Waals surface area contributed by atoms with Crippen LogP contribution in [0.2, 0.25) is 0 Å². The molecule has 0 aliphatic rings. The topological polar surface area (TPSA) is 101 Å². The van der Waals surface area contributed by atoms with Crippen LogP contribution in [0.4, 0.5) is 17.1 Å². The van der Waals surface area contributed by atoms with E-state index in [-0.39, 0.29) is 5.69 Å². The van der Waals surface area contributed by atoms with Gasteiger partial charge >= 0.3 is 0 Å². The molecule has 8 heteroatoms. The van der Waals surface area contributed by atoms with E-state index in [4.69, 9.17) is 0 Å². The Morgan fingerprint density at radius 2 is 1.83 bits per heavy atom. The fraction of sp³-hybridized carbons (Fsp3) is 0.200. The van der Waals surface area contributed by atoms with Gasteiger partial charge in [-0.1, -0.05) is 18.2 Å². The highest BCUT2D eigenvalue weighted by atomic mass is 32.2. The van der Waals surface area contributed by atoms with E-state index in [2.05, 4.69) is 10.0 Å². The molecule has 7 nitrogen and oxygen atoms in total. The smallest absolute Gasteiger partial charge is 0.269 e.